The first-order valence-corrected chi connectivity index (χ1v) is 5.16. The van der Waals surface area contributed by atoms with Gasteiger partial charge in [-0.05, 0) is 51.6 Å². The van der Waals surface area contributed by atoms with Gasteiger partial charge >= 0.3 is 5.37 Å². The van der Waals surface area contributed by atoms with E-state index in [0.717, 1.165) is 11.9 Å². The van der Waals surface area contributed by atoms with Gasteiger partial charge < -0.3 is 0 Å². The average molecular weight is 285 g/mol. The second-order valence-corrected chi connectivity index (χ2v) is 4.08. The number of hydrogen-bond donors (Lipinski definition) is 1. The molecule has 0 bridgehead atoms. The van der Waals surface area contributed by atoms with Gasteiger partial charge in [0.1, 0.15) is 0 Å². The number of carbonyl (C=O) groups is 1. The molecule has 0 saturated heterocycles. The molecule has 70 valence electrons. The predicted octanol–water partition coefficient (Wildman–Crippen LogP) is 3.54. The van der Waals surface area contributed by atoms with E-state index in [0.29, 0.717) is 9.37 Å². The lowest BCUT2D eigenvalue weighted by Gasteiger charge is -2.02. The summed E-state index contributed by atoms with van der Waals surface area (Å²) in [5.41, 5.74) is 0. The second kappa shape index (κ2) is 4.83. The first-order chi connectivity index (χ1) is 6.11. The van der Waals surface area contributed by atoms with Crippen LogP contribution in [-0.4, -0.2) is 5.37 Å². The summed E-state index contributed by atoms with van der Waals surface area (Å²) < 4.78 is 15.8. The third-order valence-electron chi connectivity index (χ3n) is 1.16. The summed E-state index contributed by atoms with van der Waals surface area (Å²) in [5, 5.41) is -0.732. The van der Waals surface area contributed by atoms with Crippen LogP contribution < -0.4 is 4.72 Å². The van der Waals surface area contributed by atoms with Crippen molar-refractivity contribution in [1.29, 1.82) is 0 Å². The molecule has 1 aromatic carbocycles. The highest BCUT2D eigenvalue weighted by Crippen LogP contribution is 2.25. The zero-order chi connectivity index (χ0) is 9.84. The molecule has 0 aliphatic carbocycles. The van der Waals surface area contributed by atoms with Gasteiger partial charge in [0.05, 0.1) is 9.37 Å². The topological polar surface area (TPSA) is 29.1 Å². The van der Waals surface area contributed by atoms with Crippen molar-refractivity contribution in [3.05, 3.63) is 28.5 Å². The standard InChI is InChI=1S/C7H4BrClFNOS/c8-4-2-1-3-5(6(4)10)13-11-7(9)12/h1-3H,(H,11,12). The van der Waals surface area contributed by atoms with E-state index >= 15 is 0 Å². The summed E-state index contributed by atoms with van der Waals surface area (Å²) in [6.07, 6.45) is 0. The average Bonchev–Trinajstić information content (AvgIpc) is 2.07. The van der Waals surface area contributed by atoms with Crippen LogP contribution in [0.3, 0.4) is 0 Å². The van der Waals surface area contributed by atoms with Gasteiger partial charge in [-0.2, -0.15) is 0 Å². The third kappa shape index (κ3) is 3.17. The van der Waals surface area contributed by atoms with Crippen molar-refractivity contribution < 1.29 is 9.18 Å². The summed E-state index contributed by atoms with van der Waals surface area (Å²) in [6, 6.07) is 4.77. The molecular formula is C7H4BrClFNOS. The number of carbonyl (C=O) groups excluding carboxylic acids is 1. The van der Waals surface area contributed by atoms with Crippen LogP contribution in [-0.2, 0) is 0 Å². The van der Waals surface area contributed by atoms with E-state index in [1.807, 2.05) is 0 Å². The van der Waals surface area contributed by atoms with Crippen LogP contribution in [0.1, 0.15) is 0 Å². The number of nitrogens with one attached hydrogen (secondary N) is 1. The second-order valence-electron chi connectivity index (χ2n) is 2.03. The van der Waals surface area contributed by atoms with E-state index in [1.54, 1.807) is 12.1 Å². The Morgan fingerprint density at radius 3 is 2.92 bits per heavy atom. The molecule has 6 heteroatoms. The lowest BCUT2D eigenvalue weighted by atomic mass is 10.3. The zero-order valence-electron chi connectivity index (χ0n) is 6.18. The molecule has 13 heavy (non-hydrogen) atoms. The molecule has 0 aliphatic rings. The van der Waals surface area contributed by atoms with Crippen LogP contribution in [0.2, 0.25) is 0 Å². The highest BCUT2D eigenvalue weighted by atomic mass is 79.9. The van der Waals surface area contributed by atoms with Gasteiger partial charge in [0, 0.05) is 0 Å². The molecule has 0 saturated carbocycles. The lowest BCUT2D eigenvalue weighted by molar-refractivity contribution is 0.264. The first kappa shape index (κ1) is 10.8. The van der Waals surface area contributed by atoms with E-state index in [-0.39, 0.29) is 0 Å². The molecule has 1 N–H and O–H groups in total. The van der Waals surface area contributed by atoms with Crippen LogP contribution in [0, 0.1) is 5.82 Å². The van der Waals surface area contributed by atoms with E-state index in [1.165, 1.54) is 6.07 Å². The molecule has 1 aromatic rings. The minimum absolute atomic E-state index is 0.309. The number of rotatable bonds is 2. The highest BCUT2D eigenvalue weighted by molar-refractivity contribution is 9.10. The SMILES string of the molecule is O=C(Cl)NSc1cccc(Br)c1F. The Balaban J connectivity index is 2.77. The normalized spacial score (nSPS) is 9.77. The highest BCUT2D eigenvalue weighted by Gasteiger charge is 2.06. The summed E-state index contributed by atoms with van der Waals surface area (Å²) in [6.45, 7) is 0. The van der Waals surface area contributed by atoms with Gasteiger partial charge in [-0.15, -0.1) is 0 Å². The largest absolute Gasteiger partial charge is 0.323 e. The van der Waals surface area contributed by atoms with Gasteiger partial charge in [-0.1, -0.05) is 6.07 Å². The number of hydrogen-bond acceptors (Lipinski definition) is 2. The van der Waals surface area contributed by atoms with E-state index < -0.39 is 11.2 Å². The fourth-order valence-corrected chi connectivity index (χ4v) is 1.81. The van der Waals surface area contributed by atoms with Crippen LogP contribution in [0.5, 0.6) is 0 Å². The maximum Gasteiger partial charge on any atom is 0.323 e. The van der Waals surface area contributed by atoms with E-state index in [4.69, 9.17) is 11.6 Å². The Kier molecular flexibility index (Phi) is 4.02. The fraction of sp³-hybridized carbons (Fsp3) is 0. The molecule has 0 atom stereocenters. The van der Waals surface area contributed by atoms with Crippen LogP contribution in [0.15, 0.2) is 27.6 Å². The Hall–Kier alpha value is -0.260. The van der Waals surface area contributed by atoms with E-state index in [9.17, 15) is 9.18 Å². The van der Waals surface area contributed by atoms with Gasteiger partial charge in [0.2, 0.25) is 0 Å². The van der Waals surface area contributed by atoms with Crippen molar-refractivity contribution in [3.63, 3.8) is 0 Å². The molecule has 0 aromatic heterocycles. The fourth-order valence-electron chi connectivity index (χ4n) is 0.658. The van der Waals surface area contributed by atoms with Gasteiger partial charge in [-0.3, -0.25) is 9.52 Å². The molecule has 0 spiro atoms. The van der Waals surface area contributed by atoms with Crippen molar-refractivity contribution in [3.8, 4) is 0 Å². The monoisotopic (exact) mass is 283 g/mol. The molecule has 1 amide bonds. The van der Waals surface area contributed by atoms with Gasteiger partial charge in [0.15, 0.2) is 5.82 Å². The molecule has 0 heterocycles. The van der Waals surface area contributed by atoms with Gasteiger partial charge in [0.25, 0.3) is 0 Å². The Morgan fingerprint density at radius 1 is 1.62 bits per heavy atom. The predicted molar refractivity (Wildman–Crippen MR) is 54.3 cm³/mol. The van der Waals surface area contributed by atoms with Crippen LogP contribution >= 0.6 is 39.5 Å². The minimum atomic E-state index is -0.732. The lowest BCUT2D eigenvalue weighted by Crippen LogP contribution is -2.05. The maximum absolute atomic E-state index is 13.2. The van der Waals surface area contributed by atoms with Crippen molar-refractivity contribution in [2.75, 3.05) is 0 Å². The van der Waals surface area contributed by atoms with Crippen LogP contribution in [0.25, 0.3) is 0 Å². The smallest absolute Gasteiger partial charge is 0.282 e. The molecule has 0 fully saturated rings. The summed E-state index contributed by atoms with van der Waals surface area (Å²) in [7, 11) is 0. The molecule has 1 rings (SSSR count). The zero-order valence-corrected chi connectivity index (χ0v) is 9.34. The minimum Gasteiger partial charge on any atom is -0.282 e. The summed E-state index contributed by atoms with van der Waals surface area (Å²) >= 11 is 8.87. The van der Waals surface area contributed by atoms with E-state index in [2.05, 4.69) is 20.7 Å². The van der Waals surface area contributed by atoms with Gasteiger partial charge in [-0.25, -0.2) is 4.39 Å². The molecule has 0 unspecified atom stereocenters. The van der Waals surface area contributed by atoms with Crippen molar-refractivity contribution in [2.45, 2.75) is 4.90 Å². The molecule has 0 radical (unpaired) electrons. The summed E-state index contributed by atoms with van der Waals surface area (Å²) in [5.74, 6) is -0.419. The number of benzene rings is 1. The summed E-state index contributed by atoms with van der Waals surface area (Å²) in [4.78, 5) is 10.6. The molecule has 0 aliphatic heterocycles. The van der Waals surface area contributed by atoms with Crippen molar-refractivity contribution >= 4 is 44.8 Å². The quantitative estimate of drug-likeness (QED) is 0.511. The third-order valence-corrected chi connectivity index (χ3v) is 2.80. The number of amides is 1. The maximum atomic E-state index is 13.2. The van der Waals surface area contributed by atoms with Crippen molar-refractivity contribution in [2.24, 2.45) is 0 Å². The number of halogens is 3. The Labute approximate surface area is 92.1 Å². The molecule has 2 nitrogen and oxygen atoms in total. The Morgan fingerprint density at radius 2 is 2.31 bits per heavy atom. The van der Waals surface area contributed by atoms with Crippen LogP contribution in [0.4, 0.5) is 9.18 Å². The Bertz CT molecular complexity index is 336. The molecular weight excluding hydrogens is 281 g/mol. The first-order valence-electron chi connectivity index (χ1n) is 3.17. The van der Waals surface area contributed by atoms with Crippen molar-refractivity contribution in [1.82, 2.24) is 4.72 Å².